The third kappa shape index (κ3) is 3.61. The fourth-order valence-electron chi connectivity index (χ4n) is 5.00. The normalized spacial score (nSPS) is 15.1. The number of methoxy groups -OCH3 is 1. The highest BCUT2D eigenvalue weighted by molar-refractivity contribution is 5.96. The highest BCUT2D eigenvalue weighted by Gasteiger charge is 2.31. The van der Waals surface area contributed by atoms with Gasteiger partial charge in [0.15, 0.2) is 0 Å². The van der Waals surface area contributed by atoms with Crippen LogP contribution in [-0.2, 0) is 16.0 Å². The Labute approximate surface area is 197 Å². The van der Waals surface area contributed by atoms with Crippen molar-refractivity contribution in [2.24, 2.45) is 5.73 Å². The number of carbonyl (C=O) groups excluding carboxylic acids is 2. The Morgan fingerprint density at radius 2 is 1.82 bits per heavy atom. The van der Waals surface area contributed by atoms with Gasteiger partial charge in [-0.2, -0.15) is 0 Å². The lowest BCUT2D eigenvalue weighted by Crippen LogP contribution is -2.25. The predicted octanol–water partition coefficient (Wildman–Crippen LogP) is 5.42. The second kappa shape index (κ2) is 8.71. The standard InChI is InChI=1S/C28H26N2O4/c1-17-8-6-12-21(28(32)33-2)26(17)34-19-14-15-23-22(16-19)25-20(27(29)31)11-7-13-24(25)30(23)18-9-4-3-5-10-18/h3-6,8-10,12,14-16,20H,7,11,13H2,1-2H3,(H2,29,31). The molecule has 6 heteroatoms. The molecule has 5 rings (SSSR count). The number of carbonyl (C=O) groups is 2. The van der Waals surface area contributed by atoms with E-state index < -0.39 is 5.97 Å². The van der Waals surface area contributed by atoms with Crippen LogP contribution in [0.3, 0.4) is 0 Å². The van der Waals surface area contributed by atoms with Crippen LogP contribution in [0.2, 0.25) is 0 Å². The van der Waals surface area contributed by atoms with Crippen LogP contribution >= 0.6 is 0 Å². The number of para-hydroxylation sites is 2. The summed E-state index contributed by atoms with van der Waals surface area (Å²) in [6.07, 6.45) is 2.49. The van der Waals surface area contributed by atoms with Crippen LogP contribution in [0.15, 0.2) is 66.7 Å². The summed E-state index contributed by atoms with van der Waals surface area (Å²) in [5.74, 6) is -0.0896. The zero-order valence-electron chi connectivity index (χ0n) is 19.2. The monoisotopic (exact) mass is 454 g/mol. The molecule has 1 aromatic heterocycles. The average Bonchev–Trinajstić information content (AvgIpc) is 3.19. The third-order valence-electron chi connectivity index (χ3n) is 6.53. The Bertz CT molecular complexity index is 1410. The maximum Gasteiger partial charge on any atom is 0.341 e. The molecule has 4 aromatic rings. The van der Waals surface area contributed by atoms with E-state index in [0.29, 0.717) is 17.1 Å². The van der Waals surface area contributed by atoms with Gasteiger partial charge >= 0.3 is 5.97 Å². The molecule has 0 fully saturated rings. The van der Waals surface area contributed by atoms with Gasteiger partial charge in [-0.05, 0) is 73.7 Å². The largest absolute Gasteiger partial charge is 0.465 e. The summed E-state index contributed by atoms with van der Waals surface area (Å²) in [6, 6.07) is 21.3. The maximum atomic E-state index is 12.4. The van der Waals surface area contributed by atoms with Crippen LogP contribution < -0.4 is 10.5 Å². The molecule has 1 unspecified atom stereocenters. The molecule has 1 atom stereocenters. The van der Waals surface area contributed by atoms with E-state index in [1.165, 1.54) is 7.11 Å². The van der Waals surface area contributed by atoms with Crippen LogP contribution in [0.25, 0.3) is 16.6 Å². The molecule has 2 N–H and O–H groups in total. The van der Waals surface area contributed by atoms with E-state index in [1.807, 2.05) is 49.4 Å². The molecule has 3 aromatic carbocycles. The lowest BCUT2D eigenvalue weighted by molar-refractivity contribution is -0.119. The van der Waals surface area contributed by atoms with Gasteiger partial charge in [-0.1, -0.05) is 30.3 Å². The lowest BCUT2D eigenvalue weighted by atomic mass is 9.84. The van der Waals surface area contributed by atoms with E-state index in [-0.39, 0.29) is 11.8 Å². The SMILES string of the molecule is COC(=O)c1cccc(C)c1Oc1ccc2c(c1)c1c(n2-c2ccccc2)CCCC1C(N)=O. The number of hydrogen-bond donors (Lipinski definition) is 1. The Morgan fingerprint density at radius 1 is 1.03 bits per heavy atom. The second-order valence-corrected chi connectivity index (χ2v) is 8.60. The van der Waals surface area contributed by atoms with Gasteiger partial charge in [0.25, 0.3) is 0 Å². The van der Waals surface area contributed by atoms with E-state index in [1.54, 1.807) is 12.1 Å². The maximum absolute atomic E-state index is 12.4. The van der Waals surface area contributed by atoms with Gasteiger partial charge < -0.3 is 19.8 Å². The number of hydrogen-bond acceptors (Lipinski definition) is 4. The summed E-state index contributed by atoms with van der Waals surface area (Å²) in [5.41, 5.74) is 11.1. The number of amides is 1. The zero-order valence-corrected chi connectivity index (χ0v) is 19.2. The number of esters is 1. The van der Waals surface area contributed by atoms with E-state index in [9.17, 15) is 9.59 Å². The molecule has 1 heterocycles. The molecule has 0 saturated heterocycles. The number of primary amides is 1. The van der Waals surface area contributed by atoms with Crippen LogP contribution in [0.5, 0.6) is 11.5 Å². The van der Waals surface area contributed by atoms with Crippen LogP contribution in [-0.4, -0.2) is 23.6 Å². The molecular formula is C28H26N2O4. The number of fused-ring (bicyclic) bond motifs is 3. The van der Waals surface area contributed by atoms with Crippen molar-refractivity contribution in [3.8, 4) is 17.2 Å². The van der Waals surface area contributed by atoms with Crippen molar-refractivity contribution in [3.63, 3.8) is 0 Å². The first kappa shape index (κ1) is 21.8. The van der Waals surface area contributed by atoms with Crippen molar-refractivity contribution >= 4 is 22.8 Å². The first-order valence-electron chi connectivity index (χ1n) is 11.4. The van der Waals surface area contributed by atoms with E-state index >= 15 is 0 Å². The van der Waals surface area contributed by atoms with Gasteiger partial charge in [0.1, 0.15) is 17.1 Å². The molecule has 34 heavy (non-hydrogen) atoms. The summed E-state index contributed by atoms with van der Waals surface area (Å²) in [4.78, 5) is 24.7. The van der Waals surface area contributed by atoms with E-state index in [2.05, 4.69) is 16.7 Å². The van der Waals surface area contributed by atoms with Gasteiger partial charge in [0, 0.05) is 16.8 Å². The summed E-state index contributed by atoms with van der Waals surface area (Å²) < 4.78 is 13.4. The molecular weight excluding hydrogens is 428 g/mol. The van der Waals surface area contributed by atoms with Crippen LogP contribution in [0, 0.1) is 6.92 Å². The lowest BCUT2D eigenvalue weighted by Gasteiger charge is -2.22. The van der Waals surface area contributed by atoms with Gasteiger partial charge in [0.05, 0.1) is 18.5 Å². The number of benzene rings is 3. The number of aromatic nitrogens is 1. The minimum atomic E-state index is -0.457. The fourth-order valence-corrected chi connectivity index (χ4v) is 5.00. The van der Waals surface area contributed by atoms with E-state index in [4.69, 9.17) is 15.2 Å². The molecule has 0 saturated carbocycles. The second-order valence-electron chi connectivity index (χ2n) is 8.60. The zero-order chi connectivity index (χ0) is 23.8. The van der Waals surface area contributed by atoms with Crippen molar-refractivity contribution in [2.75, 3.05) is 7.11 Å². The Hall–Kier alpha value is -4.06. The van der Waals surface area contributed by atoms with Gasteiger partial charge in [-0.15, -0.1) is 0 Å². The van der Waals surface area contributed by atoms with Gasteiger partial charge in [-0.25, -0.2) is 4.79 Å². The minimum Gasteiger partial charge on any atom is -0.465 e. The third-order valence-corrected chi connectivity index (χ3v) is 6.53. The predicted molar refractivity (Wildman–Crippen MR) is 131 cm³/mol. The summed E-state index contributed by atoms with van der Waals surface area (Å²) in [7, 11) is 1.35. The van der Waals surface area contributed by atoms with Crippen molar-refractivity contribution in [1.29, 1.82) is 0 Å². The molecule has 1 aliphatic carbocycles. The Balaban J connectivity index is 1.70. The summed E-state index contributed by atoms with van der Waals surface area (Å²) >= 11 is 0. The highest BCUT2D eigenvalue weighted by Crippen LogP contribution is 2.42. The molecule has 1 aliphatic rings. The van der Waals surface area contributed by atoms with Crippen molar-refractivity contribution in [2.45, 2.75) is 32.1 Å². The van der Waals surface area contributed by atoms with E-state index in [0.717, 1.165) is 52.7 Å². The van der Waals surface area contributed by atoms with Crippen molar-refractivity contribution in [3.05, 3.63) is 89.1 Å². The molecule has 0 aliphatic heterocycles. The summed E-state index contributed by atoms with van der Waals surface area (Å²) in [6.45, 7) is 1.89. The van der Waals surface area contributed by atoms with Crippen LogP contribution in [0.1, 0.15) is 45.9 Å². The number of nitrogens with two attached hydrogens (primary N) is 1. The fraction of sp³-hybridized carbons (Fsp3) is 0.214. The first-order chi connectivity index (χ1) is 16.5. The quantitative estimate of drug-likeness (QED) is 0.408. The average molecular weight is 455 g/mol. The molecule has 0 radical (unpaired) electrons. The first-order valence-corrected chi connectivity index (χ1v) is 11.4. The number of rotatable bonds is 5. The number of aryl methyl sites for hydroxylation is 1. The Morgan fingerprint density at radius 3 is 2.56 bits per heavy atom. The van der Waals surface area contributed by atoms with Crippen LogP contribution in [0.4, 0.5) is 0 Å². The topological polar surface area (TPSA) is 83.6 Å². The molecule has 172 valence electrons. The van der Waals surface area contributed by atoms with Crippen molar-refractivity contribution in [1.82, 2.24) is 4.57 Å². The summed E-state index contributed by atoms with van der Waals surface area (Å²) in [5, 5.41) is 0.938. The molecule has 0 spiro atoms. The van der Waals surface area contributed by atoms with Crippen molar-refractivity contribution < 1.29 is 19.1 Å². The van der Waals surface area contributed by atoms with Gasteiger partial charge in [-0.3, -0.25) is 4.79 Å². The molecule has 0 bridgehead atoms. The highest BCUT2D eigenvalue weighted by atomic mass is 16.5. The smallest absolute Gasteiger partial charge is 0.341 e. The molecule has 6 nitrogen and oxygen atoms in total. The van der Waals surface area contributed by atoms with Gasteiger partial charge in [0.2, 0.25) is 5.91 Å². The molecule has 1 amide bonds. The number of ether oxygens (including phenoxy) is 2. The minimum absolute atomic E-state index is 0.314. The number of nitrogens with zero attached hydrogens (tertiary/aromatic N) is 1. The Kier molecular flexibility index (Phi) is 5.57.